The van der Waals surface area contributed by atoms with Gasteiger partial charge in [-0.2, -0.15) is 0 Å². The molecule has 2 saturated heterocycles. The van der Waals surface area contributed by atoms with Crippen LogP contribution in [0.1, 0.15) is 43.3 Å². The number of aliphatic hydroxyl groups excluding tert-OH is 2. The van der Waals surface area contributed by atoms with Crippen LogP contribution in [-0.4, -0.2) is 83.6 Å². The molecule has 43 heavy (non-hydrogen) atoms. The fourth-order valence-electron chi connectivity index (χ4n) is 4.55. The fraction of sp³-hybridized carbons (Fsp3) is 0.625. The minimum absolute atomic E-state index is 0.0591. The van der Waals surface area contributed by atoms with Gasteiger partial charge < -0.3 is 28.7 Å². The molecule has 2 aromatic heterocycles. The molecule has 2 aliphatic rings. The Morgan fingerprint density at radius 1 is 1.02 bits per heavy atom. The number of aromatic amines is 2. The summed E-state index contributed by atoms with van der Waals surface area (Å²) in [4.78, 5) is 64.2. The van der Waals surface area contributed by atoms with Gasteiger partial charge in [-0.3, -0.25) is 33.5 Å². The van der Waals surface area contributed by atoms with Gasteiger partial charge in [0.2, 0.25) is 5.69 Å². The highest BCUT2D eigenvalue weighted by molar-refractivity contribution is 8.68. The standard InChI is InChI=1S/C24H33N4O11PS3/c1-12-8-27(23(34)25-21(12)32)19-6-15(31)18(38-19)11-36-40(41,43-5-4-42-14(3)30)39-16-7-20(37-17(16)10-29)28-9-13(2)22(33)26-24(28)35/h8-9,15-20,29,31H,4-7,10-11H2,1-3H3,(H,25,32,34)(H,26,33,35)/t15-,16-,17+,18+,19+,20+,40?/m0/s1. The summed E-state index contributed by atoms with van der Waals surface area (Å²) in [6.45, 7) is 3.89. The first-order chi connectivity index (χ1) is 20.3. The molecule has 0 aliphatic carbocycles. The van der Waals surface area contributed by atoms with Crippen LogP contribution < -0.4 is 22.5 Å². The van der Waals surface area contributed by atoms with E-state index in [-0.39, 0.29) is 24.6 Å². The van der Waals surface area contributed by atoms with Crippen LogP contribution in [0.25, 0.3) is 0 Å². The van der Waals surface area contributed by atoms with Crippen LogP contribution in [0.5, 0.6) is 0 Å². The number of carbonyl (C=O) groups excluding carboxylic acids is 1. The zero-order chi connectivity index (χ0) is 31.5. The summed E-state index contributed by atoms with van der Waals surface area (Å²) in [7, 11) is 0. The van der Waals surface area contributed by atoms with E-state index in [9.17, 15) is 34.2 Å². The van der Waals surface area contributed by atoms with Gasteiger partial charge in [0, 0.05) is 54.8 Å². The van der Waals surface area contributed by atoms with Crippen molar-refractivity contribution in [2.24, 2.45) is 0 Å². The van der Waals surface area contributed by atoms with Crippen LogP contribution in [0.3, 0.4) is 0 Å². The molecule has 4 rings (SSSR count). The second kappa shape index (κ2) is 14.5. The number of nitrogens with one attached hydrogen (secondary N) is 2. The van der Waals surface area contributed by atoms with Gasteiger partial charge in [0.15, 0.2) is 5.12 Å². The first-order valence-corrected chi connectivity index (χ1v) is 18.5. The number of nitrogens with zero attached hydrogens (tertiary/aromatic N) is 2. The number of aromatic nitrogens is 4. The average Bonchev–Trinajstić information content (AvgIpc) is 3.52. The van der Waals surface area contributed by atoms with E-state index in [1.165, 1.54) is 39.8 Å². The lowest BCUT2D eigenvalue weighted by atomic mass is 10.2. The highest BCUT2D eigenvalue weighted by Crippen LogP contribution is 2.63. The van der Waals surface area contributed by atoms with Crippen LogP contribution >= 0.6 is 28.8 Å². The van der Waals surface area contributed by atoms with Gasteiger partial charge >= 0.3 is 11.4 Å². The molecule has 0 aromatic carbocycles. The molecular weight excluding hydrogens is 647 g/mol. The monoisotopic (exact) mass is 680 g/mol. The van der Waals surface area contributed by atoms with Gasteiger partial charge in [-0.15, -0.1) is 0 Å². The topological polar surface area (TPSA) is 204 Å². The van der Waals surface area contributed by atoms with E-state index >= 15 is 0 Å². The summed E-state index contributed by atoms with van der Waals surface area (Å²) in [6.07, 6.45) is -2.38. The van der Waals surface area contributed by atoms with Crippen molar-refractivity contribution in [2.45, 2.75) is 70.5 Å². The maximum Gasteiger partial charge on any atom is 0.330 e. The van der Waals surface area contributed by atoms with Crippen molar-refractivity contribution >= 4 is 45.8 Å². The van der Waals surface area contributed by atoms with E-state index in [2.05, 4.69) is 9.97 Å². The molecule has 0 radical (unpaired) electrons. The number of thioether (sulfide) groups is 1. The fourth-order valence-corrected chi connectivity index (χ4v) is 10.2. The molecule has 2 aliphatic heterocycles. The van der Waals surface area contributed by atoms with Crippen LogP contribution in [-0.2, 0) is 35.1 Å². The maximum absolute atomic E-state index is 12.4. The molecule has 0 spiro atoms. The second-order valence-corrected chi connectivity index (χ2v) is 17.7. The third-order valence-electron chi connectivity index (χ3n) is 6.78. The van der Waals surface area contributed by atoms with Crippen molar-refractivity contribution in [3.63, 3.8) is 0 Å². The third-order valence-corrected chi connectivity index (χ3v) is 13.1. The van der Waals surface area contributed by atoms with Crippen molar-refractivity contribution in [3.8, 4) is 0 Å². The summed E-state index contributed by atoms with van der Waals surface area (Å²) >= 11 is 8.13. The zero-order valence-corrected chi connectivity index (χ0v) is 26.8. The molecule has 7 atom stereocenters. The normalized spacial score (nSPS) is 26.9. The molecule has 2 aromatic rings. The molecular formula is C24H33N4O11PS3. The van der Waals surface area contributed by atoms with E-state index in [4.69, 9.17) is 30.3 Å². The SMILES string of the molecule is CC(=O)SCCSP(=S)(OC[C@H]1O[C@@H](n2cc(C)c(=O)[nH]c2=O)C[C@@H]1O)O[C@H]1C[C@H](n2cc(C)c(=O)[nH]c2=O)O[C@@H]1CO. The van der Waals surface area contributed by atoms with Crippen LogP contribution in [0.2, 0.25) is 0 Å². The summed E-state index contributed by atoms with van der Waals surface area (Å²) in [6, 6.07) is 0. The predicted octanol–water partition coefficient (Wildman–Crippen LogP) is 0.271. The number of ether oxygens (including phenoxy) is 2. The Kier molecular flexibility index (Phi) is 11.5. The lowest BCUT2D eigenvalue weighted by molar-refractivity contribution is -0.109. The Morgan fingerprint density at radius 2 is 1.58 bits per heavy atom. The summed E-state index contributed by atoms with van der Waals surface area (Å²) in [5.41, 5.74) is -5.03. The minimum Gasteiger partial charge on any atom is -0.394 e. The van der Waals surface area contributed by atoms with E-state index < -0.39 is 71.7 Å². The number of aliphatic hydroxyl groups is 2. The van der Waals surface area contributed by atoms with E-state index in [1.807, 2.05) is 0 Å². The number of rotatable bonds is 12. The number of aryl methyl sites for hydroxylation is 2. The largest absolute Gasteiger partial charge is 0.394 e. The lowest BCUT2D eigenvalue weighted by Crippen LogP contribution is -2.33. The van der Waals surface area contributed by atoms with E-state index in [1.54, 1.807) is 13.8 Å². The molecule has 0 bridgehead atoms. The van der Waals surface area contributed by atoms with Gasteiger partial charge in [0.05, 0.1) is 25.4 Å². The Balaban J connectivity index is 1.48. The van der Waals surface area contributed by atoms with Gasteiger partial charge in [-0.25, -0.2) is 9.59 Å². The van der Waals surface area contributed by atoms with Crippen molar-refractivity contribution in [2.75, 3.05) is 24.7 Å². The average molecular weight is 681 g/mol. The van der Waals surface area contributed by atoms with E-state index in [0.29, 0.717) is 22.6 Å². The highest BCUT2D eigenvalue weighted by Gasteiger charge is 2.42. The van der Waals surface area contributed by atoms with E-state index in [0.717, 1.165) is 11.8 Å². The smallest absolute Gasteiger partial charge is 0.330 e. The zero-order valence-electron chi connectivity index (χ0n) is 23.5. The Morgan fingerprint density at radius 3 is 2.14 bits per heavy atom. The maximum atomic E-state index is 12.4. The molecule has 1 unspecified atom stereocenters. The van der Waals surface area contributed by atoms with Crippen LogP contribution in [0, 0.1) is 13.8 Å². The van der Waals surface area contributed by atoms with Crippen molar-refractivity contribution in [1.29, 1.82) is 0 Å². The Hall–Kier alpha value is -1.86. The number of hydrogen-bond donors (Lipinski definition) is 4. The van der Waals surface area contributed by atoms with Gasteiger partial charge in [-0.05, 0) is 25.7 Å². The third kappa shape index (κ3) is 8.45. The van der Waals surface area contributed by atoms with Crippen molar-refractivity contribution < 1.29 is 33.5 Å². The first kappa shape index (κ1) is 34.0. The second-order valence-electron chi connectivity index (χ2n) is 10.00. The first-order valence-electron chi connectivity index (χ1n) is 13.2. The summed E-state index contributed by atoms with van der Waals surface area (Å²) < 4.78 is 26.6. The number of H-pyrrole nitrogens is 2. The van der Waals surface area contributed by atoms with Crippen molar-refractivity contribution in [3.05, 3.63) is 65.2 Å². The van der Waals surface area contributed by atoms with Gasteiger partial charge in [0.25, 0.3) is 11.1 Å². The van der Waals surface area contributed by atoms with Crippen LogP contribution in [0.15, 0.2) is 31.6 Å². The Bertz CT molecular complexity index is 1610. The van der Waals surface area contributed by atoms with Gasteiger partial charge in [0.1, 0.15) is 24.7 Å². The van der Waals surface area contributed by atoms with Crippen molar-refractivity contribution in [1.82, 2.24) is 19.1 Å². The Labute approximate surface area is 258 Å². The molecule has 0 amide bonds. The highest BCUT2D eigenvalue weighted by atomic mass is 32.9. The molecule has 4 heterocycles. The van der Waals surface area contributed by atoms with Crippen LogP contribution in [0.4, 0.5) is 0 Å². The summed E-state index contributed by atoms with van der Waals surface area (Å²) in [5, 5.41) is 20.6. The minimum atomic E-state index is -3.24. The summed E-state index contributed by atoms with van der Waals surface area (Å²) in [5.74, 6) is 0.827. The predicted molar refractivity (Wildman–Crippen MR) is 163 cm³/mol. The molecule has 238 valence electrons. The molecule has 19 heteroatoms. The number of hydrogen-bond acceptors (Lipinski definition) is 14. The molecule has 0 saturated carbocycles. The van der Waals surface area contributed by atoms with Gasteiger partial charge in [-0.1, -0.05) is 23.1 Å². The quantitative estimate of drug-likeness (QED) is 0.176. The lowest BCUT2D eigenvalue weighted by Gasteiger charge is -2.28. The number of carbonyl (C=O) groups is 1. The molecule has 2 fully saturated rings. The molecule has 15 nitrogen and oxygen atoms in total. The molecule has 4 N–H and O–H groups in total.